The molecule has 0 aromatic heterocycles. The first-order valence-corrected chi connectivity index (χ1v) is 9.99. The Kier molecular flexibility index (Phi) is 5.50. The van der Waals surface area contributed by atoms with Gasteiger partial charge in [-0.1, -0.05) is 23.7 Å². The van der Waals surface area contributed by atoms with Crippen LogP contribution in [-0.2, 0) is 21.2 Å². The predicted octanol–water partition coefficient (Wildman–Crippen LogP) is 2.12. The fraction of sp³-hybridized carbons (Fsp3) is 0.278. The largest absolute Gasteiger partial charge is 0.508 e. The molecule has 0 aliphatic carbocycles. The lowest BCUT2D eigenvalue weighted by atomic mass is 10.1. The minimum atomic E-state index is -3.58. The fourth-order valence-electron chi connectivity index (χ4n) is 2.83. The molecule has 2 aromatic rings. The molecule has 2 aromatic carbocycles. The highest BCUT2D eigenvalue weighted by atomic mass is 35.5. The number of aromatic hydroxyl groups is 1. The van der Waals surface area contributed by atoms with Crippen LogP contribution in [-0.4, -0.2) is 54.8 Å². The number of rotatable bonds is 4. The Labute approximate surface area is 157 Å². The number of hydrogen-bond donors (Lipinski definition) is 1. The normalized spacial score (nSPS) is 15.8. The zero-order valence-corrected chi connectivity index (χ0v) is 15.6. The van der Waals surface area contributed by atoms with E-state index < -0.39 is 10.0 Å². The summed E-state index contributed by atoms with van der Waals surface area (Å²) in [5.41, 5.74) is 0.809. The Morgan fingerprint density at radius 1 is 0.962 bits per heavy atom. The number of sulfonamides is 1. The van der Waals surface area contributed by atoms with Crippen LogP contribution < -0.4 is 0 Å². The highest BCUT2D eigenvalue weighted by Gasteiger charge is 2.30. The Morgan fingerprint density at radius 3 is 2.12 bits per heavy atom. The summed E-state index contributed by atoms with van der Waals surface area (Å²) in [7, 11) is -3.58. The Morgan fingerprint density at radius 2 is 1.54 bits per heavy atom. The maximum atomic E-state index is 12.7. The molecule has 1 saturated heterocycles. The zero-order chi connectivity index (χ0) is 18.7. The van der Waals surface area contributed by atoms with Crippen LogP contribution in [0.1, 0.15) is 5.56 Å². The molecule has 0 radical (unpaired) electrons. The van der Waals surface area contributed by atoms with E-state index in [-0.39, 0.29) is 36.1 Å². The molecule has 0 unspecified atom stereocenters. The number of halogens is 1. The molecule has 1 heterocycles. The summed E-state index contributed by atoms with van der Waals surface area (Å²) in [4.78, 5) is 14.3. The molecule has 0 saturated carbocycles. The van der Waals surface area contributed by atoms with Gasteiger partial charge < -0.3 is 10.0 Å². The molecule has 3 rings (SSSR count). The molecular weight excluding hydrogens is 376 g/mol. The molecule has 1 aliphatic rings. The molecule has 1 N–H and O–H groups in total. The standard InChI is InChI=1S/C18H19ClN2O4S/c19-15-3-7-17(8-4-15)26(24,25)21-11-9-20(10-12-21)18(23)13-14-1-5-16(22)6-2-14/h1-8,22H,9-13H2. The summed E-state index contributed by atoms with van der Waals surface area (Å²) in [6.45, 7) is 1.21. The summed E-state index contributed by atoms with van der Waals surface area (Å²) in [5, 5.41) is 9.77. The van der Waals surface area contributed by atoms with Crippen LogP contribution in [0.15, 0.2) is 53.4 Å². The maximum absolute atomic E-state index is 12.7. The second-order valence-corrected chi connectivity index (χ2v) is 8.46. The van der Waals surface area contributed by atoms with Crippen molar-refractivity contribution in [2.24, 2.45) is 0 Å². The first kappa shape index (κ1) is 18.7. The monoisotopic (exact) mass is 394 g/mol. The van der Waals surface area contributed by atoms with Gasteiger partial charge in [0.2, 0.25) is 15.9 Å². The third-order valence-electron chi connectivity index (χ3n) is 4.33. The molecule has 0 bridgehead atoms. The first-order chi connectivity index (χ1) is 12.4. The van der Waals surface area contributed by atoms with Gasteiger partial charge in [-0.15, -0.1) is 0 Å². The van der Waals surface area contributed by atoms with Crippen molar-refractivity contribution in [2.45, 2.75) is 11.3 Å². The van der Waals surface area contributed by atoms with Crippen molar-refractivity contribution in [3.63, 3.8) is 0 Å². The Balaban J connectivity index is 1.60. The van der Waals surface area contributed by atoms with Crippen LogP contribution in [0.5, 0.6) is 5.75 Å². The molecule has 1 fully saturated rings. The van der Waals surface area contributed by atoms with Gasteiger partial charge in [-0.05, 0) is 42.0 Å². The average Bonchev–Trinajstić information content (AvgIpc) is 2.64. The number of piperazine rings is 1. The quantitative estimate of drug-likeness (QED) is 0.861. The van der Waals surface area contributed by atoms with Gasteiger partial charge in [-0.25, -0.2) is 8.42 Å². The van der Waals surface area contributed by atoms with Crippen LogP contribution in [0.4, 0.5) is 0 Å². The number of amides is 1. The van der Waals surface area contributed by atoms with Crippen LogP contribution in [0.2, 0.25) is 5.02 Å². The molecule has 1 aliphatic heterocycles. The van der Waals surface area contributed by atoms with Crippen molar-refractivity contribution in [1.29, 1.82) is 0 Å². The van der Waals surface area contributed by atoms with E-state index in [1.165, 1.54) is 16.4 Å². The van der Waals surface area contributed by atoms with Gasteiger partial charge in [-0.2, -0.15) is 4.31 Å². The minimum Gasteiger partial charge on any atom is -0.508 e. The number of hydrogen-bond acceptors (Lipinski definition) is 4. The van der Waals surface area contributed by atoms with Crippen LogP contribution >= 0.6 is 11.6 Å². The van der Waals surface area contributed by atoms with Crippen molar-refractivity contribution >= 4 is 27.5 Å². The second-order valence-electron chi connectivity index (χ2n) is 6.08. The van der Waals surface area contributed by atoms with E-state index in [1.807, 2.05) is 0 Å². The fourth-order valence-corrected chi connectivity index (χ4v) is 4.38. The topological polar surface area (TPSA) is 77.9 Å². The first-order valence-electron chi connectivity index (χ1n) is 8.18. The van der Waals surface area contributed by atoms with Gasteiger partial charge in [0.05, 0.1) is 11.3 Å². The molecule has 8 heteroatoms. The van der Waals surface area contributed by atoms with Gasteiger partial charge in [-0.3, -0.25) is 4.79 Å². The maximum Gasteiger partial charge on any atom is 0.243 e. The van der Waals surface area contributed by atoms with E-state index in [0.717, 1.165) is 5.56 Å². The van der Waals surface area contributed by atoms with Crippen LogP contribution in [0.3, 0.4) is 0 Å². The lowest BCUT2D eigenvalue weighted by Crippen LogP contribution is -2.50. The smallest absolute Gasteiger partial charge is 0.243 e. The van der Waals surface area contributed by atoms with Crippen LogP contribution in [0.25, 0.3) is 0 Å². The third-order valence-corrected chi connectivity index (χ3v) is 6.50. The molecule has 6 nitrogen and oxygen atoms in total. The minimum absolute atomic E-state index is 0.0563. The van der Waals surface area contributed by atoms with E-state index in [9.17, 15) is 18.3 Å². The zero-order valence-electron chi connectivity index (χ0n) is 14.0. The summed E-state index contributed by atoms with van der Waals surface area (Å²) >= 11 is 5.81. The van der Waals surface area contributed by atoms with Gasteiger partial charge >= 0.3 is 0 Å². The average molecular weight is 395 g/mol. The lowest BCUT2D eigenvalue weighted by molar-refractivity contribution is -0.131. The van der Waals surface area contributed by atoms with Crippen molar-refractivity contribution in [3.05, 3.63) is 59.1 Å². The van der Waals surface area contributed by atoms with Crippen LogP contribution in [0, 0.1) is 0 Å². The number of phenolic OH excluding ortho intramolecular Hbond substituents is 1. The predicted molar refractivity (Wildman–Crippen MR) is 98.6 cm³/mol. The van der Waals surface area contributed by atoms with Gasteiger partial charge in [0.1, 0.15) is 5.75 Å². The summed E-state index contributed by atoms with van der Waals surface area (Å²) in [6, 6.07) is 12.6. The highest BCUT2D eigenvalue weighted by Crippen LogP contribution is 2.20. The second kappa shape index (κ2) is 7.65. The number of carbonyl (C=O) groups is 1. The molecule has 0 spiro atoms. The van der Waals surface area contributed by atoms with Crippen molar-refractivity contribution in [1.82, 2.24) is 9.21 Å². The summed E-state index contributed by atoms with van der Waals surface area (Å²) < 4.78 is 26.7. The van der Waals surface area contributed by atoms with Gasteiger partial charge in [0, 0.05) is 31.2 Å². The number of carbonyl (C=O) groups excluding carboxylic acids is 1. The summed E-state index contributed by atoms with van der Waals surface area (Å²) in [5.74, 6) is 0.0986. The molecule has 1 amide bonds. The Hall–Kier alpha value is -2.09. The Bertz CT molecular complexity index is 874. The molecular formula is C18H19ClN2O4S. The van der Waals surface area contributed by atoms with Crippen molar-refractivity contribution < 1.29 is 18.3 Å². The van der Waals surface area contributed by atoms with E-state index in [1.54, 1.807) is 41.3 Å². The lowest BCUT2D eigenvalue weighted by Gasteiger charge is -2.34. The number of benzene rings is 2. The molecule has 138 valence electrons. The van der Waals surface area contributed by atoms with Crippen molar-refractivity contribution in [3.8, 4) is 5.75 Å². The molecule has 0 atom stereocenters. The van der Waals surface area contributed by atoms with E-state index in [2.05, 4.69) is 0 Å². The third kappa shape index (κ3) is 4.17. The molecule has 26 heavy (non-hydrogen) atoms. The van der Waals surface area contributed by atoms with E-state index in [0.29, 0.717) is 18.1 Å². The van der Waals surface area contributed by atoms with E-state index in [4.69, 9.17) is 11.6 Å². The number of phenols is 1. The van der Waals surface area contributed by atoms with Gasteiger partial charge in [0.15, 0.2) is 0 Å². The number of nitrogens with zero attached hydrogens (tertiary/aromatic N) is 2. The van der Waals surface area contributed by atoms with Gasteiger partial charge in [0.25, 0.3) is 0 Å². The summed E-state index contributed by atoms with van der Waals surface area (Å²) in [6.07, 6.45) is 0.226. The van der Waals surface area contributed by atoms with Crippen molar-refractivity contribution in [2.75, 3.05) is 26.2 Å². The highest BCUT2D eigenvalue weighted by molar-refractivity contribution is 7.89. The van der Waals surface area contributed by atoms with E-state index >= 15 is 0 Å². The SMILES string of the molecule is O=C(Cc1ccc(O)cc1)N1CCN(S(=O)(=O)c2ccc(Cl)cc2)CC1.